The maximum atomic E-state index is 9.29. The van der Waals surface area contributed by atoms with Gasteiger partial charge in [-0.1, -0.05) is 26.7 Å². The Morgan fingerprint density at radius 2 is 2.10 bits per heavy atom. The predicted octanol–water partition coefficient (Wildman–Crippen LogP) is 2.29. The second kappa shape index (κ2) is 7.42. The van der Waals surface area contributed by atoms with Crippen molar-refractivity contribution in [2.24, 2.45) is 0 Å². The molecule has 0 spiro atoms. The molecule has 0 aromatic carbocycles. The maximum absolute atomic E-state index is 9.29. The Bertz CT molecular complexity index is 58.3. The van der Waals surface area contributed by atoms with E-state index in [1.54, 1.807) is 0 Å². The number of thioether (sulfide) groups is 1. The third kappa shape index (κ3) is 6.43. The van der Waals surface area contributed by atoms with Gasteiger partial charge in [0.15, 0.2) is 0 Å². The highest BCUT2D eigenvalue weighted by atomic mass is 32.2. The van der Waals surface area contributed by atoms with Crippen molar-refractivity contribution in [2.45, 2.75) is 39.2 Å². The number of hydrogen-bond acceptors (Lipinski definition) is 2. The van der Waals surface area contributed by atoms with Crippen LogP contribution in [0, 0.1) is 0 Å². The highest BCUT2D eigenvalue weighted by Crippen LogP contribution is 2.07. The number of rotatable bonds is 6. The molecule has 0 amide bonds. The van der Waals surface area contributed by atoms with E-state index >= 15 is 0 Å². The molecule has 0 saturated carbocycles. The Morgan fingerprint density at radius 1 is 1.40 bits per heavy atom. The average molecular weight is 162 g/mol. The first-order chi connectivity index (χ1) is 4.81. The SMILES string of the molecule is CCCC[C@H](O)CSCC. The normalized spacial score (nSPS) is 13.5. The van der Waals surface area contributed by atoms with Crippen molar-refractivity contribution in [3.63, 3.8) is 0 Å². The molecule has 1 atom stereocenters. The second-order valence-electron chi connectivity index (χ2n) is 2.46. The Morgan fingerprint density at radius 3 is 2.60 bits per heavy atom. The van der Waals surface area contributed by atoms with E-state index in [0.717, 1.165) is 24.3 Å². The number of unbranched alkanes of at least 4 members (excludes halogenated alkanes) is 1. The lowest BCUT2D eigenvalue weighted by Crippen LogP contribution is -2.09. The first-order valence-electron chi connectivity index (χ1n) is 4.07. The monoisotopic (exact) mass is 162 g/mol. The zero-order valence-corrected chi connectivity index (χ0v) is 7.78. The van der Waals surface area contributed by atoms with Gasteiger partial charge in [-0.25, -0.2) is 0 Å². The zero-order valence-electron chi connectivity index (χ0n) is 6.97. The average Bonchev–Trinajstić information content (AvgIpc) is 1.97. The smallest absolute Gasteiger partial charge is 0.0630 e. The summed E-state index contributed by atoms with van der Waals surface area (Å²) in [5.74, 6) is 2.03. The van der Waals surface area contributed by atoms with Gasteiger partial charge in [-0.3, -0.25) is 0 Å². The molecule has 0 rings (SSSR count). The minimum absolute atomic E-state index is 0.0649. The lowest BCUT2D eigenvalue weighted by Gasteiger charge is -2.07. The molecule has 0 saturated heterocycles. The van der Waals surface area contributed by atoms with Crippen LogP contribution >= 0.6 is 11.8 Å². The molecule has 2 heteroatoms. The quantitative estimate of drug-likeness (QED) is 0.646. The molecule has 1 nitrogen and oxygen atoms in total. The van der Waals surface area contributed by atoms with E-state index in [1.165, 1.54) is 6.42 Å². The van der Waals surface area contributed by atoms with Gasteiger partial charge in [-0.05, 0) is 12.2 Å². The molecule has 10 heavy (non-hydrogen) atoms. The third-order valence-corrected chi connectivity index (χ3v) is 2.43. The second-order valence-corrected chi connectivity index (χ2v) is 3.77. The largest absolute Gasteiger partial charge is 0.392 e. The number of aliphatic hydroxyl groups is 1. The minimum atomic E-state index is -0.0649. The van der Waals surface area contributed by atoms with Gasteiger partial charge in [0, 0.05) is 5.75 Å². The third-order valence-electron chi connectivity index (χ3n) is 1.41. The van der Waals surface area contributed by atoms with E-state index in [2.05, 4.69) is 13.8 Å². The summed E-state index contributed by atoms with van der Waals surface area (Å²) in [5.41, 5.74) is 0. The molecule has 0 aliphatic carbocycles. The van der Waals surface area contributed by atoms with Crippen LogP contribution in [0.1, 0.15) is 33.1 Å². The fourth-order valence-electron chi connectivity index (χ4n) is 0.777. The fraction of sp³-hybridized carbons (Fsp3) is 1.00. The van der Waals surface area contributed by atoms with Gasteiger partial charge in [0.05, 0.1) is 6.10 Å². The van der Waals surface area contributed by atoms with Gasteiger partial charge in [-0.15, -0.1) is 0 Å². The molecule has 1 N–H and O–H groups in total. The summed E-state index contributed by atoms with van der Waals surface area (Å²) < 4.78 is 0. The molecular weight excluding hydrogens is 144 g/mol. The molecule has 0 aliphatic rings. The van der Waals surface area contributed by atoms with Crippen LogP contribution in [0.4, 0.5) is 0 Å². The van der Waals surface area contributed by atoms with Crippen molar-refractivity contribution >= 4 is 11.8 Å². The standard InChI is InChI=1S/C8H18OS/c1-3-5-6-8(9)7-10-4-2/h8-9H,3-7H2,1-2H3/t8-/m0/s1. The Hall–Kier alpha value is 0.310. The van der Waals surface area contributed by atoms with Crippen molar-refractivity contribution < 1.29 is 5.11 Å². The van der Waals surface area contributed by atoms with Crippen LogP contribution in [0.3, 0.4) is 0 Å². The summed E-state index contributed by atoms with van der Waals surface area (Å²) in [7, 11) is 0. The number of hydrogen-bond donors (Lipinski definition) is 1. The molecule has 0 radical (unpaired) electrons. The summed E-state index contributed by atoms with van der Waals surface area (Å²) in [5, 5.41) is 9.29. The topological polar surface area (TPSA) is 20.2 Å². The van der Waals surface area contributed by atoms with Crippen molar-refractivity contribution in [1.82, 2.24) is 0 Å². The lowest BCUT2D eigenvalue weighted by atomic mass is 10.2. The van der Waals surface area contributed by atoms with Crippen LogP contribution < -0.4 is 0 Å². The predicted molar refractivity (Wildman–Crippen MR) is 48.5 cm³/mol. The van der Waals surface area contributed by atoms with Gasteiger partial charge >= 0.3 is 0 Å². The molecule has 0 aromatic rings. The molecular formula is C8H18OS. The van der Waals surface area contributed by atoms with Crippen molar-refractivity contribution in [1.29, 1.82) is 0 Å². The summed E-state index contributed by atoms with van der Waals surface area (Å²) in [6.45, 7) is 4.27. The van der Waals surface area contributed by atoms with E-state index in [9.17, 15) is 5.11 Å². The molecule has 0 heterocycles. The minimum Gasteiger partial charge on any atom is -0.392 e. The maximum Gasteiger partial charge on any atom is 0.0630 e. The lowest BCUT2D eigenvalue weighted by molar-refractivity contribution is 0.186. The van der Waals surface area contributed by atoms with Crippen molar-refractivity contribution in [3.8, 4) is 0 Å². The van der Waals surface area contributed by atoms with Crippen LogP contribution in [0.25, 0.3) is 0 Å². The molecule has 0 bridgehead atoms. The van der Waals surface area contributed by atoms with Crippen molar-refractivity contribution in [3.05, 3.63) is 0 Å². The van der Waals surface area contributed by atoms with Crippen LogP contribution in [0.2, 0.25) is 0 Å². The fourth-order valence-corrected chi connectivity index (χ4v) is 1.45. The van der Waals surface area contributed by atoms with Gasteiger partial charge in [0.1, 0.15) is 0 Å². The molecule has 0 aliphatic heterocycles. The summed E-state index contributed by atoms with van der Waals surface area (Å²) in [6, 6.07) is 0. The Labute approximate surface area is 68.2 Å². The van der Waals surface area contributed by atoms with Crippen LogP contribution in [-0.4, -0.2) is 22.7 Å². The Kier molecular flexibility index (Phi) is 7.65. The number of aliphatic hydroxyl groups excluding tert-OH is 1. The van der Waals surface area contributed by atoms with Gasteiger partial charge in [0.2, 0.25) is 0 Å². The van der Waals surface area contributed by atoms with Crippen LogP contribution in [0.5, 0.6) is 0 Å². The summed E-state index contributed by atoms with van der Waals surface area (Å²) in [6.07, 6.45) is 3.26. The van der Waals surface area contributed by atoms with Crippen LogP contribution in [0.15, 0.2) is 0 Å². The first-order valence-corrected chi connectivity index (χ1v) is 5.22. The van der Waals surface area contributed by atoms with E-state index in [4.69, 9.17) is 0 Å². The Balaban J connectivity index is 3.00. The highest BCUT2D eigenvalue weighted by molar-refractivity contribution is 7.99. The zero-order chi connectivity index (χ0) is 7.82. The highest BCUT2D eigenvalue weighted by Gasteiger charge is 2.00. The molecule has 0 aromatic heterocycles. The summed E-state index contributed by atoms with van der Waals surface area (Å²) >= 11 is 1.82. The van der Waals surface area contributed by atoms with E-state index in [1.807, 2.05) is 11.8 Å². The first kappa shape index (κ1) is 10.3. The van der Waals surface area contributed by atoms with Crippen LogP contribution in [-0.2, 0) is 0 Å². The van der Waals surface area contributed by atoms with Crippen molar-refractivity contribution in [2.75, 3.05) is 11.5 Å². The molecule has 0 unspecified atom stereocenters. The van der Waals surface area contributed by atoms with E-state index in [-0.39, 0.29) is 6.10 Å². The van der Waals surface area contributed by atoms with Gasteiger partial charge < -0.3 is 5.11 Å². The molecule has 0 fully saturated rings. The summed E-state index contributed by atoms with van der Waals surface area (Å²) in [4.78, 5) is 0. The van der Waals surface area contributed by atoms with Gasteiger partial charge in [0.25, 0.3) is 0 Å². The van der Waals surface area contributed by atoms with Gasteiger partial charge in [-0.2, -0.15) is 11.8 Å². The molecule has 62 valence electrons. The van der Waals surface area contributed by atoms with E-state index < -0.39 is 0 Å². The van der Waals surface area contributed by atoms with E-state index in [0.29, 0.717) is 0 Å².